The van der Waals surface area contributed by atoms with Crippen LogP contribution in [0.2, 0.25) is 0 Å². The Bertz CT molecular complexity index is 1150. The molecule has 1 atom stereocenters. The number of aromatic nitrogens is 4. The average Bonchev–Trinajstić information content (AvgIpc) is 3.16. The summed E-state index contributed by atoms with van der Waals surface area (Å²) in [6, 6.07) is 0.153. The number of morpholine rings is 1. The molecule has 2 saturated heterocycles. The molecule has 2 aliphatic rings. The molecule has 3 N–H and O–H groups in total. The molecule has 0 aliphatic carbocycles. The summed E-state index contributed by atoms with van der Waals surface area (Å²) >= 11 is 0. The summed E-state index contributed by atoms with van der Waals surface area (Å²) < 4.78 is 35.1. The molecule has 2 fully saturated rings. The van der Waals surface area contributed by atoms with E-state index in [1.165, 1.54) is 12.4 Å². The second-order valence-electron chi connectivity index (χ2n) is 7.48. The van der Waals surface area contributed by atoms with Gasteiger partial charge < -0.3 is 20.7 Å². The number of pyridine rings is 1. The molecule has 10 nitrogen and oxygen atoms in total. The van der Waals surface area contributed by atoms with Crippen molar-refractivity contribution >= 4 is 28.7 Å². The lowest BCUT2D eigenvalue weighted by Gasteiger charge is -2.44. The molecule has 3 aromatic rings. The van der Waals surface area contributed by atoms with Gasteiger partial charge in [0.25, 0.3) is 5.91 Å². The summed E-state index contributed by atoms with van der Waals surface area (Å²) in [6.45, 7) is 4.07. The summed E-state index contributed by atoms with van der Waals surface area (Å²) in [4.78, 5) is 24.9. The van der Waals surface area contributed by atoms with E-state index in [1.807, 2.05) is 4.90 Å². The first-order valence-electron chi connectivity index (χ1n) is 9.82. The number of ether oxygens (including phenoxy) is 1. The van der Waals surface area contributed by atoms with Gasteiger partial charge in [0, 0.05) is 26.2 Å². The van der Waals surface area contributed by atoms with Crippen LogP contribution in [0, 0.1) is 11.6 Å². The number of hydrogen-bond donors (Lipinski definition) is 2. The second-order valence-corrected chi connectivity index (χ2v) is 7.48. The topological polar surface area (TPSA) is 114 Å². The number of carbonyl (C=O) groups excluding carboxylic acids is 1. The maximum Gasteiger partial charge on any atom is 0.261 e. The molecule has 2 aliphatic heterocycles. The van der Waals surface area contributed by atoms with Gasteiger partial charge >= 0.3 is 0 Å². The number of amides is 1. The average molecular weight is 430 g/mol. The van der Waals surface area contributed by atoms with Gasteiger partial charge in [-0.1, -0.05) is 0 Å². The lowest BCUT2D eigenvalue weighted by atomic mass is 10.1. The van der Waals surface area contributed by atoms with Gasteiger partial charge in [0.15, 0.2) is 23.1 Å². The van der Waals surface area contributed by atoms with E-state index in [1.54, 1.807) is 0 Å². The standard InChI is InChI=1S/C19H20F2N8O2/c20-13-6-23-7-15(16(13)28-2-1-27-3-4-31-10-11(27)8-28)25-19(30)12-5-24-29-9-14(21)17(22)26-18(12)29/h5-7,9,11H,1-4,8,10H2,(H2,22,26)(H,25,30). The Morgan fingerprint density at radius 1 is 1.19 bits per heavy atom. The Morgan fingerprint density at radius 3 is 2.94 bits per heavy atom. The van der Waals surface area contributed by atoms with Crippen molar-refractivity contribution in [1.82, 2.24) is 24.5 Å². The van der Waals surface area contributed by atoms with Crippen molar-refractivity contribution in [3.05, 3.63) is 42.0 Å². The van der Waals surface area contributed by atoms with E-state index < -0.39 is 17.5 Å². The molecule has 1 unspecified atom stereocenters. The van der Waals surface area contributed by atoms with Gasteiger partial charge in [0.05, 0.1) is 49.7 Å². The zero-order valence-electron chi connectivity index (χ0n) is 16.5. The third-order valence-electron chi connectivity index (χ3n) is 5.60. The fraction of sp³-hybridized carbons (Fsp3) is 0.368. The highest BCUT2D eigenvalue weighted by Crippen LogP contribution is 2.31. The largest absolute Gasteiger partial charge is 0.381 e. The van der Waals surface area contributed by atoms with E-state index in [9.17, 15) is 13.6 Å². The molecule has 5 heterocycles. The smallest absolute Gasteiger partial charge is 0.261 e. The Morgan fingerprint density at radius 2 is 2.06 bits per heavy atom. The van der Waals surface area contributed by atoms with E-state index in [2.05, 4.69) is 25.3 Å². The minimum atomic E-state index is -0.745. The zero-order valence-corrected chi connectivity index (χ0v) is 16.5. The monoisotopic (exact) mass is 430 g/mol. The highest BCUT2D eigenvalue weighted by molar-refractivity contribution is 6.09. The fourth-order valence-electron chi connectivity index (χ4n) is 4.04. The molecule has 0 radical (unpaired) electrons. The molecule has 0 saturated carbocycles. The van der Waals surface area contributed by atoms with E-state index in [0.717, 1.165) is 30.0 Å². The van der Waals surface area contributed by atoms with Crippen LogP contribution in [0.5, 0.6) is 0 Å². The summed E-state index contributed by atoms with van der Waals surface area (Å²) in [5.41, 5.74) is 6.19. The first-order valence-corrected chi connectivity index (χ1v) is 9.82. The number of piperazine rings is 1. The molecule has 3 aromatic heterocycles. The van der Waals surface area contributed by atoms with Crippen LogP contribution in [-0.2, 0) is 4.74 Å². The lowest BCUT2D eigenvalue weighted by Crippen LogP contribution is -2.58. The van der Waals surface area contributed by atoms with Gasteiger partial charge in [-0.3, -0.25) is 14.7 Å². The molecule has 1 amide bonds. The van der Waals surface area contributed by atoms with E-state index >= 15 is 0 Å². The minimum absolute atomic E-state index is 0.0763. The van der Waals surface area contributed by atoms with Crippen molar-refractivity contribution in [2.24, 2.45) is 0 Å². The van der Waals surface area contributed by atoms with Gasteiger partial charge in [-0.05, 0) is 0 Å². The molecule has 162 valence electrons. The van der Waals surface area contributed by atoms with Crippen molar-refractivity contribution in [2.75, 3.05) is 55.3 Å². The number of anilines is 3. The maximum absolute atomic E-state index is 14.8. The number of carbonyl (C=O) groups is 1. The van der Waals surface area contributed by atoms with Crippen molar-refractivity contribution in [3.63, 3.8) is 0 Å². The van der Waals surface area contributed by atoms with Gasteiger partial charge in [0.1, 0.15) is 11.3 Å². The van der Waals surface area contributed by atoms with Crippen LogP contribution in [0.25, 0.3) is 5.65 Å². The van der Waals surface area contributed by atoms with Crippen molar-refractivity contribution in [3.8, 4) is 0 Å². The summed E-state index contributed by atoms with van der Waals surface area (Å²) in [7, 11) is 0. The molecule has 0 aromatic carbocycles. The minimum Gasteiger partial charge on any atom is -0.381 e. The Balaban J connectivity index is 1.43. The van der Waals surface area contributed by atoms with Gasteiger partial charge in [-0.25, -0.2) is 18.3 Å². The number of nitrogen functional groups attached to an aromatic ring is 1. The predicted octanol–water partition coefficient (Wildman–Crippen LogP) is 0.758. The van der Waals surface area contributed by atoms with E-state index in [-0.39, 0.29) is 34.4 Å². The molecular weight excluding hydrogens is 410 g/mol. The third kappa shape index (κ3) is 3.53. The SMILES string of the molecule is Nc1nc2c(C(=O)Nc3cncc(F)c3N3CCN4CCOCC4C3)cnn2cc1F. The van der Waals surface area contributed by atoms with Crippen molar-refractivity contribution < 1.29 is 18.3 Å². The first-order chi connectivity index (χ1) is 15.0. The van der Waals surface area contributed by atoms with Crippen LogP contribution in [0.15, 0.2) is 24.8 Å². The zero-order chi connectivity index (χ0) is 21.5. The number of nitrogens with one attached hydrogen (secondary N) is 1. The highest BCUT2D eigenvalue weighted by atomic mass is 19.1. The predicted molar refractivity (Wildman–Crippen MR) is 108 cm³/mol. The fourth-order valence-corrected chi connectivity index (χ4v) is 4.04. The molecule has 5 rings (SSSR count). The molecule has 0 bridgehead atoms. The first kappa shape index (κ1) is 19.6. The summed E-state index contributed by atoms with van der Waals surface area (Å²) in [5, 5.41) is 6.63. The van der Waals surface area contributed by atoms with Gasteiger partial charge in [-0.15, -0.1) is 0 Å². The highest BCUT2D eigenvalue weighted by Gasteiger charge is 2.32. The maximum atomic E-state index is 14.8. The normalized spacial score (nSPS) is 19.4. The molecular formula is C19H20F2N8O2. The Labute approximate surface area is 175 Å². The van der Waals surface area contributed by atoms with E-state index in [4.69, 9.17) is 10.5 Å². The number of nitrogens with two attached hydrogens (primary N) is 1. The van der Waals surface area contributed by atoms with Crippen molar-refractivity contribution in [2.45, 2.75) is 6.04 Å². The number of fused-ring (bicyclic) bond motifs is 2. The van der Waals surface area contributed by atoms with Crippen LogP contribution in [0.4, 0.5) is 26.0 Å². The van der Waals surface area contributed by atoms with Crippen LogP contribution < -0.4 is 16.0 Å². The Hall–Kier alpha value is -3.38. The van der Waals surface area contributed by atoms with Gasteiger partial charge in [0.2, 0.25) is 0 Å². The van der Waals surface area contributed by atoms with Crippen molar-refractivity contribution in [1.29, 1.82) is 0 Å². The quantitative estimate of drug-likeness (QED) is 0.626. The van der Waals surface area contributed by atoms with Gasteiger partial charge in [-0.2, -0.15) is 5.10 Å². The van der Waals surface area contributed by atoms with Crippen LogP contribution >= 0.6 is 0 Å². The summed E-state index contributed by atoms with van der Waals surface area (Å²) in [5.74, 6) is -2.21. The third-order valence-corrected chi connectivity index (χ3v) is 5.60. The number of nitrogens with zero attached hydrogens (tertiary/aromatic N) is 6. The molecule has 0 spiro atoms. The van der Waals surface area contributed by atoms with Crippen LogP contribution in [-0.4, -0.2) is 75.8 Å². The second kappa shape index (κ2) is 7.71. The van der Waals surface area contributed by atoms with Crippen LogP contribution in [0.1, 0.15) is 10.4 Å². The van der Waals surface area contributed by atoms with Crippen LogP contribution in [0.3, 0.4) is 0 Å². The summed E-state index contributed by atoms with van der Waals surface area (Å²) in [6.07, 6.45) is 4.80. The number of hydrogen-bond acceptors (Lipinski definition) is 8. The number of rotatable bonds is 3. The molecule has 12 heteroatoms. The lowest BCUT2D eigenvalue weighted by molar-refractivity contribution is -0.0117. The molecule has 31 heavy (non-hydrogen) atoms. The Kier molecular flexibility index (Phi) is 4.87. The number of halogens is 2. The van der Waals surface area contributed by atoms with E-state index in [0.29, 0.717) is 26.3 Å².